The van der Waals surface area contributed by atoms with E-state index in [1.165, 1.54) is 0 Å². The molecule has 7 heteroatoms. The van der Waals surface area contributed by atoms with Crippen LogP contribution in [0.3, 0.4) is 0 Å². The molecule has 0 bridgehead atoms. The predicted molar refractivity (Wildman–Crippen MR) is 94.5 cm³/mol. The summed E-state index contributed by atoms with van der Waals surface area (Å²) in [5.74, 6) is 0.210. The van der Waals surface area contributed by atoms with E-state index in [9.17, 15) is 4.79 Å². The first-order valence-corrected chi connectivity index (χ1v) is 8.62. The van der Waals surface area contributed by atoms with Gasteiger partial charge in [0.25, 0.3) is 0 Å². The molecule has 0 radical (unpaired) electrons. The first kappa shape index (κ1) is 17.0. The predicted octanol–water partition coefficient (Wildman–Crippen LogP) is 2.64. The van der Waals surface area contributed by atoms with E-state index < -0.39 is 0 Å². The van der Waals surface area contributed by atoms with E-state index in [0.717, 1.165) is 16.6 Å². The van der Waals surface area contributed by atoms with Gasteiger partial charge in [-0.1, -0.05) is 28.1 Å². The van der Waals surface area contributed by atoms with Crippen LogP contribution in [0.2, 0.25) is 0 Å². The summed E-state index contributed by atoms with van der Waals surface area (Å²) < 4.78 is 6.90. The van der Waals surface area contributed by atoms with Gasteiger partial charge in [-0.05, 0) is 30.7 Å². The second kappa shape index (κ2) is 7.83. The molecule has 2 unspecified atom stereocenters. The molecular formula is C17H19BrN4O2. The molecule has 0 saturated carbocycles. The molecule has 2 atom stereocenters. The monoisotopic (exact) mass is 390 g/mol. The van der Waals surface area contributed by atoms with Gasteiger partial charge in [0.05, 0.1) is 18.8 Å². The Kier molecular flexibility index (Phi) is 5.55. The first-order valence-electron chi connectivity index (χ1n) is 7.82. The number of amides is 1. The SMILES string of the molecule is CC(C(=O)Nc1ncccn1)N1CCOC(c2cccc(Br)c2)C1. The topological polar surface area (TPSA) is 67.4 Å². The highest BCUT2D eigenvalue weighted by Crippen LogP contribution is 2.25. The Bertz CT molecular complexity index is 698. The number of morpholine rings is 1. The molecular weight excluding hydrogens is 372 g/mol. The number of aromatic nitrogens is 2. The van der Waals surface area contributed by atoms with Gasteiger partial charge in [-0.3, -0.25) is 15.0 Å². The van der Waals surface area contributed by atoms with Crippen LogP contribution in [0.4, 0.5) is 5.95 Å². The van der Waals surface area contributed by atoms with Crippen molar-refractivity contribution in [3.05, 3.63) is 52.8 Å². The summed E-state index contributed by atoms with van der Waals surface area (Å²) in [6.07, 6.45) is 3.16. The number of hydrogen-bond donors (Lipinski definition) is 1. The molecule has 3 rings (SSSR count). The number of benzene rings is 1. The Balaban J connectivity index is 1.64. The van der Waals surface area contributed by atoms with Crippen molar-refractivity contribution in [3.8, 4) is 0 Å². The molecule has 2 aromatic rings. The highest BCUT2D eigenvalue weighted by molar-refractivity contribution is 9.10. The Morgan fingerprint density at radius 3 is 2.92 bits per heavy atom. The van der Waals surface area contributed by atoms with Gasteiger partial charge in [-0.25, -0.2) is 9.97 Å². The highest BCUT2D eigenvalue weighted by Gasteiger charge is 2.29. The summed E-state index contributed by atoms with van der Waals surface area (Å²) in [6, 6.07) is 9.50. The lowest BCUT2D eigenvalue weighted by Gasteiger charge is -2.36. The Labute approximate surface area is 149 Å². The van der Waals surface area contributed by atoms with Gasteiger partial charge in [0, 0.05) is 30.0 Å². The van der Waals surface area contributed by atoms with Crippen molar-refractivity contribution in [1.29, 1.82) is 0 Å². The fraction of sp³-hybridized carbons (Fsp3) is 0.353. The number of anilines is 1. The number of nitrogens with one attached hydrogen (secondary N) is 1. The Morgan fingerprint density at radius 1 is 1.38 bits per heavy atom. The molecule has 1 saturated heterocycles. The van der Waals surface area contributed by atoms with Gasteiger partial charge in [0.15, 0.2) is 0 Å². The third-order valence-electron chi connectivity index (χ3n) is 4.05. The van der Waals surface area contributed by atoms with Gasteiger partial charge in [-0.2, -0.15) is 0 Å². The van der Waals surface area contributed by atoms with Crippen LogP contribution in [0, 0.1) is 0 Å². The molecule has 1 aromatic heterocycles. The van der Waals surface area contributed by atoms with Crippen LogP contribution in [-0.2, 0) is 9.53 Å². The maximum Gasteiger partial charge on any atom is 0.243 e. The van der Waals surface area contributed by atoms with Crippen molar-refractivity contribution in [2.24, 2.45) is 0 Å². The summed E-state index contributed by atoms with van der Waals surface area (Å²) in [5.41, 5.74) is 1.10. The summed E-state index contributed by atoms with van der Waals surface area (Å²) >= 11 is 3.49. The third kappa shape index (κ3) is 4.17. The molecule has 1 N–H and O–H groups in total. The molecule has 2 heterocycles. The molecule has 0 spiro atoms. The lowest BCUT2D eigenvalue weighted by atomic mass is 10.1. The summed E-state index contributed by atoms with van der Waals surface area (Å²) in [7, 11) is 0. The molecule has 126 valence electrons. The average molecular weight is 391 g/mol. The van der Waals surface area contributed by atoms with Crippen LogP contribution in [0.1, 0.15) is 18.6 Å². The second-order valence-electron chi connectivity index (χ2n) is 5.65. The zero-order valence-electron chi connectivity index (χ0n) is 13.4. The average Bonchev–Trinajstić information content (AvgIpc) is 2.62. The largest absolute Gasteiger partial charge is 0.371 e. The van der Waals surface area contributed by atoms with Crippen molar-refractivity contribution < 1.29 is 9.53 Å². The van der Waals surface area contributed by atoms with Crippen LogP contribution in [0.15, 0.2) is 47.2 Å². The van der Waals surface area contributed by atoms with Gasteiger partial charge in [0.1, 0.15) is 0 Å². The minimum atomic E-state index is -0.285. The lowest BCUT2D eigenvalue weighted by Crippen LogP contribution is -2.48. The van der Waals surface area contributed by atoms with Crippen molar-refractivity contribution in [2.45, 2.75) is 19.1 Å². The smallest absolute Gasteiger partial charge is 0.243 e. The van der Waals surface area contributed by atoms with E-state index in [1.54, 1.807) is 18.5 Å². The van der Waals surface area contributed by atoms with E-state index in [2.05, 4.69) is 42.2 Å². The van der Waals surface area contributed by atoms with Crippen molar-refractivity contribution in [1.82, 2.24) is 14.9 Å². The van der Waals surface area contributed by atoms with Crippen molar-refractivity contribution >= 4 is 27.8 Å². The lowest BCUT2D eigenvalue weighted by molar-refractivity contribution is -0.124. The maximum absolute atomic E-state index is 12.4. The maximum atomic E-state index is 12.4. The van der Waals surface area contributed by atoms with Crippen LogP contribution >= 0.6 is 15.9 Å². The Morgan fingerprint density at radius 2 is 2.17 bits per heavy atom. The molecule has 1 aliphatic heterocycles. The van der Waals surface area contributed by atoms with Crippen LogP contribution in [-0.4, -0.2) is 46.5 Å². The molecule has 1 aliphatic rings. The Hall–Kier alpha value is -1.83. The second-order valence-corrected chi connectivity index (χ2v) is 6.56. The number of halogens is 1. The molecule has 24 heavy (non-hydrogen) atoms. The van der Waals surface area contributed by atoms with Crippen molar-refractivity contribution in [2.75, 3.05) is 25.0 Å². The molecule has 1 amide bonds. The number of rotatable bonds is 4. The van der Waals surface area contributed by atoms with E-state index in [4.69, 9.17) is 4.74 Å². The standard InChI is InChI=1S/C17H19BrN4O2/c1-12(16(23)21-17-19-6-3-7-20-17)22-8-9-24-15(11-22)13-4-2-5-14(18)10-13/h2-7,10,12,15H,8-9,11H2,1H3,(H,19,20,21,23). The van der Waals surface area contributed by atoms with Gasteiger partial charge in [-0.15, -0.1) is 0 Å². The zero-order chi connectivity index (χ0) is 16.9. The van der Waals surface area contributed by atoms with Gasteiger partial charge < -0.3 is 4.74 Å². The zero-order valence-corrected chi connectivity index (χ0v) is 14.9. The van der Waals surface area contributed by atoms with Gasteiger partial charge in [0.2, 0.25) is 11.9 Å². The quantitative estimate of drug-likeness (QED) is 0.868. The van der Waals surface area contributed by atoms with Crippen LogP contribution in [0.5, 0.6) is 0 Å². The molecule has 1 aromatic carbocycles. The summed E-state index contributed by atoms with van der Waals surface area (Å²) in [5, 5.41) is 2.75. The molecule has 1 fully saturated rings. The van der Waals surface area contributed by atoms with E-state index >= 15 is 0 Å². The number of carbonyl (C=O) groups excluding carboxylic acids is 1. The molecule has 0 aliphatic carbocycles. The third-order valence-corrected chi connectivity index (χ3v) is 4.54. The van der Waals surface area contributed by atoms with E-state index in [0.29, 0.717) is 19.1 Å². The van der Waals surface area contributed by atoms with Crippen LogP contribution < -0.4 is 5.32 Å². The van der Waals surface area contributed by atoms with Gasteiger partial charge >= 0.3 is 0 Å². The summed E-state index contributed by atoms with van der Waals surface area (Å²) in [4.78, 5) is 22.6. The minimum absolute atomic E-state index is 0.0422. The first-order chi connectivity index (χ1) is 11.6. The fourth-order valence-electron chi connectivity index (χ4n) is 2.67. The fourth-order valence-corrected chi connectivity index (χ4v) is 3.09. The van der Waals surface area contributed by atoms with Crippen molar-refractivity contribution in [3.63, 3.8) is 0 Å². The number of hydrogen-bond acceptors (Lipinski definition) is 5. The minimum Gasteiger partial charge on any atom is -0.371 e. The number of ether oxygens (including phenoxy) is 1. The highest BCUT2D eigenvalue weighted by atomic mass is 79.9. The van der Waals surface area contributed by atoms with E-state index in [1.807, 2.05) is 25.1 Å². The normalized spacial score (nSPS) is 19.7. The van der Waals surface area contributed by atoms with Crippen LogP contribution in [0.25, 0.3) is 0 Å². The number of carbonyl (C=O) groups is 1. The summed E-state index contributed by atoms with van der Waals surface area (Å²) in [6.45, 7) is 3.87. The number of nitrogens with zero attached hydrogens (tertiary/aromatic N) is 3. The van der Waals surface area contributed by atoms with E-state index in [-0.39, 0.29) is 18.1 Å². The molecule has 6 nitrogen and oxygen atoms in total.